The second-order valence-electron chi connectivity index (χ2n) is 6.02. The number of nitrogens with two attached hydrogens (primary N) is 1. The van der Waals surface area contributed by atoms with Crippen molar-refractivity contribution in [2.24, 2.45) is 11.1 Å². The quantitative estimate of drug-likeness (QED) is 0.856. The van der Waals surface area contributed by atoms with Crippen LogP contribution in [0.4, 0.5) is 5.69 Å². The zero-order valence-electron chi connectivity index (χ0n) is 12.5. The van der Waals surface area contributed by atoms with E-state index in [0.29, 0.717) is 31.0 Å². The standard InChI is InChI=1S/C14H20N4O3/c1-8(2)11-16-6-9(10(17-11)12(19)20)18-5-4-14(3,7-18)13(15)21/h6,8H,4-5,7H2,1-3H3,(H2,15,21)(H,19,20). The van der Waals surface area contributed by atoms with E-state index < -0.39 is 11.4 Å². The van der Waals surface area contributed by atoms with Gasteiger partial charge >= 0.3 is 5.97 Å². The number of rotatable bonds is 4. The van der Waals surface area contributed by atoms with Crippen molar-refractivity contribution in [3.8, 4) is 0 Å². The van der Waals surface area contributed by atoms with Crippen molar-refractivity contribution in [1.29, 1.82) is 0 Å². The Morgan fingerprint density at radius 2 is 2.14 bits per heavy atom. The lowest BCUT2D eigenvalue weighted by Gasteiger charge is -2.23. The summed E-state index contributed by atoms with van der Waals surface area (Å²) < 4.78 is 0. The maximum Gasteiger partial charge on any atom is 0.356 e. The van der Waals surface area contributed by atoms with Crippen LogP contribution in [0.5, 0.6) is 0 Å². The maximum absolute atomic E-state index is 11.5. The minimum absolute atomic E-state index is 0.0255. The third-order valence-electron chi connectivity index (χ3n) is 3.92. The van der Waals surface area contributed by atoms with Crippen molar-refractivity contribution in [2.75, 3.05) is 18.0 Å². The summed E-state index contributed by atoms with van der Waals surface area (Å²) in [5.41, 5.74) is 5.19. The van der Waals surface area contributed by atoms with Crippen molar-refractivity contribution in [3.05, 3.63) is 17.7 Å². The maximum atomic E-state index is 11.5. The first-order valence-corrected chi connectivity index (χ1v) is 6.89. The van der Waals surface area contributed by atoms with E-state index in [9.17, 15) is 14.7 Å². The van der Waals surface area contributed by atoms with Crippen LogP contribution in [0.3, 0.4) is 0 Å². The molecule has 0 radical (unpaired) electrons. The third kappa shape index (κ3) is 2.81. The number of carbonyl (C=O) groups excluding carboxylic acids is 1. The van der Waals surface area contributed by atoms with Crippen LogP contribution < -0.4 is 10.6 Å². The topological polar surface area (TPSA) is 109 Å². The number of aromatic carboxylic acids is 1. The van der Waals surface area contributed by atoms with Crippen LogP contribution in [0.1, 0.15) is 49.4 Å². The lowest BCUT2D eigenvalue weighted by atomic mass is 9.89. The van der Waals surface area contributed by atoms with E-state index in [2.05, 4.69) is 9.97 Å². The van der Waals surface area contributed by atoms with Crippen molar-refractivity contribution in [2.45, 2.75) is 33.1 Å². The first kappa shape index (κ1) is 15.2. The third-order valence-corrected chi connectivity index (χ3v) is 3.92. The fraction of sp³-hybridized carbons (Fsp3) is 0.571. The number of amides is 1. The molecule has 0 saturated carbocycles. The highest BCUT2D eigenvalue weighted by molar-refractivity contribution is 5.92. The summed E-state index contributed by atoms with van der Waals surface area (Å²) in [6.07, 6.45) is 2.12. The molecule has 1 unspecified atom stereocenters. The lowest BCUT2D eigenvalue weighted by Crippen LogP contribution is -2.37. The normalized spacial score (nSPS) is 21.8. The monoisotopic (exact) mass is 292 g/mol. The zero-order chi connectivity index (χ0) is 15.8. The van der Waals surface area contributed by atoms with E-state index in [0.717, 1.165) is 0 Å². The van der Waals surface area contributed by atoms with E-state index in [1.807, 2.05) is 18.7 Å². The number of hydrogen-bond donors (Lipinski definition) is 2. The fourth-order valence-electron chi connectivity index (χ4n) is 2.42. The number of carboxylic acid groups (broad SMARTS) is 1. The molecule has 2 heterocycles. The molecule has 7 heteroatoms. The number of aromatic nitrogens is 2. The number of nitrogens with zero attached hydrogens (tertiary/aromatic N) is 3. The Morgan fingerprint density at radius 1 is 1.48 bits per heavy atom. The molecular formula is C14H20N4O3. The molecule has 0 bridgehead atoms. The molecule has 1 fully saturated rings. The molecule has 1 aliphatic rings. The van der Waals surface area contributed by atoms with Gasteiger partial charge in [0.2, 0.25) is 5.91 Å². The van der Waals surface area contributed by atoms with Crippen LogP contribution in [0.25, 0.3) is 0 Å². The van der Waals surface area contributed by atoms with Crippen LogP contribution in [0.2, 0.25) is 0 Å². The van der Waals surface area contributed by atoms with E-state index in [-0.39, 0.29) is 17.5 Å². The Morgan fingerprint density at radius 3 is 2.62 bits per heavy atom. The largest absolute Gasteiger partial charge is 0.476 e. The molecule has 7 nitrogen and oxygen atoms in total. The number of carboxylic acids is 1. The highest BCUT2D eigenvalue weighted by Crippen LogP contribution is 2.34. The predicted octanol–water partition coefficient (Wildman–Crippen LogP) is 1.000. The smallest absolute Gasteiger partial charge is 0.356 e. The van der Waals surface area contributed by atoms with Crippen molar-refractivity contribution < 1.29 is 14.7 Å². The number of primary amides is 1. The van der Waals surface area contributed by atoms with Crippen molar-refractivity contribution >= 4 is 17.6 Å². The molecule has 1 saturated heterocycles. The van der Waals surface area contributed by atoms with E-state index in [1.54, 1.807) is 6.92 Å². The second kappa shape index (κ2) is 5.31. The summed E-state index contributed by atoms with van der Waals surface area (Å²) in [5.74, 6) is -0.928. The molecule has 0 aliphatic carbocycles. The Hall–Kier alpha value is -2.18. The molecule has 0 spiro atoms. The minimum Gasteiger partial charge on any atom is -0.476 e. The summed E-state index contributed by atoms with van der Waals surface area (Å²) >= 11 is 0. The van der Waals surface area contributed by atoms with Crippen LogP contribution in [0, 0.1) is 5.41 Å². The Labute approximate surface area is 123 Å². The summed E-state index contributed by atoms with van der Waals surface area (Å²) in [7, 11) is 0. The minimum atomic E-state index is -1.10. The van der Waals surface area contributed by atoms with Gasteiger partial charge in [-0.1, -0.05) is 13.8 Å². The molecule has 114 valence electrons. The number of anilines is 1. The van der Waals surface area contributed by atoms with Gasteiger partial charge in [0.05, 0.1) is 17.3 Å². The number of hydrogen-bond acceptors (Lipinski definition) is 5. The van der Waals surface area contributed by atoms with Gasteiger partial charge in [-0.05, 0) is 13.3 Å². The molecule has 3 N–H and O–H groups in total. The SMILES string of the molecule is CC(C)c1ncc(N2CCC(C)(C(N)=O)C2)c(C(=O)O)n1. The molecule has 1 aromatic rings. The van der Waals surface area contributed by atoms with Gasteiger partial charge in [0, 0.05) is 19.0 Å². The lowest BCUT2D eigenvalue weighted by molar-refractivity contribution is -0.125. The molecule has 1 atom stereocenters. The Bertz CT molecular complexity index is 588. The zero-order valence-corrected chi connectivity index (χ0v) is 12.5. The highest BCUT2D eigenvalue weighted by atomic mass is 16.4. The van der Waals surface area contributed by atoms with E-state index >= 15 is 0 Å². The van der Waals surface area contributed by atoms with E-state index in [4.69, 9.17) is 5.73 Å². The molecular weight excluding hydrogens is 272 g/mol. The average molecular weight is 292 g/mol. The van der Waals surface area contributed by atoms with Crippen LogP contribution in [-0.4, -0.2) is 40.0 Å². The van der Waals surface area contributed by atoms with Crippen LogP contribution in [-0.2, 0) is 4.79 Å². The van der Waals surface area contributed by atoms with Gasteiger partial charge in [-0.15, -0.1) is 0 Å². The van der Waals surface area contributed by atoms with Gasteiger partial charge in [-0.3, -0.25) is 4.79 Å². The molecule has 2 rings (SSSR count). The molecule has 21 heavy (non-hydrogen) atoms. The Kier molecular flexibility index (Phi) is 3.85. The van der Waals surface area contributed by atoms with Crippen molar-refractivity contribution in [1.82, 2.24) is 9.97 Å². The first-order valence-electron chi connectivity index (χ1n) is 6.89. The summed E-state index contributed by atoms with van der Waals surface area (Å²) in [5, 5.41) is 9.36. The molecule has 1 aliphatic heterocycles. The summed E-state index contributed by atoms with van der Waals surface area (Å²) in [6.45, 7) is 6.54. The Balaban J connectivity index is 2.37. The summed E-state index contributed by atoms with van der Waals surface area (Å²) in [4.78, 5) is 33.1. The van der Waals surface area contributed by atoms with Crippen LogP contribution >= 0.6 is 0 Å². The summed E-state index contributed by atoms with van der Waals surface area (Å²) in [6, 6.07) is 0. The van der Waals surface area contributed by atoms with Gasteiger partial charge < -0.3 is 15.7 Å². The van der Waals surface area contributed by atoms with Gasteiger partial charge in [0.1, 0.15) is 5.82 Å². The van der Waals surface area contributed by atoms with E-state index in [1.165, 1.54) is 6.20 Å². The number of carbonyl (C=O) groups is 2. The van der Waals surface area contributed by atoms with Gasteiger partial charge in [-0.2, -0.15) is 0 Å². The first-order chi connectivity index (χ1) is 9.74. The highest BCUT2D eigenvalue weighted by Gasteiger charge is 2.40. The van der Waals surface area contributed by atoms with Gasteiger partial charge in [0.25, 0.3) is 0 Å². The van der Waals surface area contributed by atoms with Crippen molar-refractivity contribution in [3.63, 3.8) is 0 Å². The average Bonchev–Trinajstić information content (AvgIpc) is 2.82. The second-order valence-corrected chi connectivity index (χ2v) is 6.02. The molecule has 1 aromatic heterocycles. The van der Waals surface area contributed by atoms with Gasteiger partial charge in [-0.25, -0.2) is 14.8 Å². The van der Waals surface area contributed by atoms with Gasteiger partial charge in [0.15, 0.2) is 5.69 Å². The predicted molar refractivity (Wildman–Crippen MR) is 77.2 cm³/mol. The molecule has 0 aromatic carbocycles. The molecule has 1 amide bonds. The van der Waals surface area contributed by atoms with Crippen LogP contribution in [0.15, 0.2) is 6.20 Å². The fourth-order valence-corrected chi connectivity index (χ4v) is 2.42.